The zero-order valence-electron chi connectivity index (χ0n) is 9.64. The van der Waals surface area contributed by atoms with Crippen LogP contribution in [0.2, 0.25) is 5.02 Å². The second-order valence-electron chi connectivity index (χ2n) is 3.72. The molecule has 2 rings (SSSR count). The number of halogens is 1. The number of hydrogen-bond donors (Lipinski definition) is 2. The van der Waals surface area contributed by atoms with E-state index in [4.69, 9.17) is 17.3 Å². The molecule has 0 bridgehead atoms. The Bertz CT molecular complexity index is 600. The minimum Gasteiger partial charge on any atom is -0.368 e. The summed E-state index contributed by atoms with van der Waals surface area (Å²) in [5.74, 6) is 0.161. The zero-order valence-corrected chi connectivity index (χ0v) is 10.4. The minimum absolute atomic E-state index is 0.106. The number of rotatable bonds is 2. The molecule has 2 aromatic rings. The van der Waals surface area contributed by atoms with Crippen molar-refractivity contribution < 1.29 is 4.79 Å². The zero-order chi connectivity index (χ0) is 13.1. The van der Waals surface area contributed by atoms with E-state index in [1.165, 1.54) is 6.20 Å². The first-order chi connectivity index (χ1) is 8.56. The van der Waals surface area contributed by atoms with Crippen molar-refractivity contribution in [3.05, 3.63) is 46.6 Å². The third-order valence-corrected chi connectivity index (χ3v) is 2.76. The van der Waals surface area contributed by atoms with Crippen LogP contribution in [0, 0.1) is 6.92 Å². The van der Waals surface area contributed by atoms with Gasteiger partial charge >= 0.3 is 0 Å². The molecule has 0 atom stereocenters. The van der Waals surface area contributed by atoms with Gasteiger partial charge in [-0.3, -0.25) is 4.79 Å². The lowest BCUT2D eigenvalue weighted by Crippen LogP contribution is -2.13. The van der Waals surface area contributed by atoms with Crippen molar-refractivity contribution in [2.45, 2.75) is 6.92 Å². The molecule has 1 aromatic heterocycles. The van der Waals surface area contributed by atoms with Gasteiger partial charge in [0.15, 0.2) is 0 Å². The molecule has 0 aliphatic rings. The number of aromatic nitrogens is 2. The first kappa shape index (κ1) is 12.3. The Morgan fingerprint density at radius 1 is 1.39 bits per heavy atom. The summed E-state index contributed by atoms with van der Waals surface area (Å²) in [6.45, 7) is 1.87. The van der Waals surface area contributed by atoms with Crippen molar-refractivity contribution >= 4 is 29.3 Å². The highest BCUT2D eigenvalue weighted by molar-refractivity contribution is 6.31. The van der Waals surface area contributed by atoms with Crippen LogP contribution >= 0.6 is 11.6 Å². The van der Waals surface area contributed by atoms with Gasteiger partial charge in [0, 0.05) is 16.8 Å². The van der Waals surface area contributed by atoms with Gasteiger partial charge in [-0.15, -0.1) is 0 Å². The predicted octanol–water partition coefficient (Wildman–Crippen LogP) is 2.27. The summed E-state index contributed by atoms with van der Waals surface area (Å²) >= 11 is 5.96. The molecule has 0 unspecified atom stereocenters. The lowest BCUT2D eigenvalue weighted by atomic mass is 10.1. The molecule has 0 aliphatic heterocycles. The van der Waals surface area contributed by atoms with E-state index < -0.39 is 0 Å². The molecule has 0 radical (unpaired) electrons. The van der Waals surface area contributed by atoms with Crippen LogP contribution in [0.5, 0.6) is 0 Å². The third kappa shape index (κ3) is 2.75. The van der Waals surface area contributed by atoms with Gasteiger partial charge in [-0.1, -0.05) is 17.7 Å². The summed E-state index contributed by atoms with van der Waals surface area (Å²) < 4.78 is 0. The van der Waals surface area contributed by atoms with Gasteiger partial charge in [-0.2, -0.15) is 4.98 Å². The predicted molar refractivity (Wildman–Crippen MR) is 70.6 cm³/mol. The minimum atomic E-state index is -0.296. The maximum atomic E-state index is 11.9. The fourth-order valence-electron chi connectivity index (χ4n) is 1.37. The molecule has 5 nitrogen and oxygen atoms in total. The van der Waals surface area contributed by atoms with Crippen LogP contribution in [0.4, 0.5) is 11.8 Å². The number of anilines is 2. The second kappa shape index (κ2) is 5.01. The first-order valence-corrected chi connectivity index (χ1v) is 5.60. The Labute approximate surface area is 109 Å². The van der Waals surface area contributed by atoms with Crippen LogP contribution in [0.1, 0.15) is 15.9 Å². The molecule has 3 N–H and O–H groups in total. The summed E-state index contributed by atoms with van der Waals surface area (Å²) in [5.41, 5.74) is 6.80. The number of nitrogens with zero attached hydrogens (tertiary/aromatic N) is 2. The maximum Gasteiger partial charge on any atom is 0.256 e. The van der Waals surface area contributed by atoms with Gasteiger partial charge in [0.05, 0.1) is 0 Å². The highest BCUT2D eigenvalue weighted by Gasteiger charge is 2.08. The summed E-state index contributed by atoms with van der Waals surface area (Å²) in [7, 11) is 0. The maximum absolute atomic E-state index is 11.9. The molecule has 1 amide bonds. The van der Waals surface area contributed by atoms with E-state index in [0.717, 1.165) is 5.56 Å². The normalized spacial score (nSPS) is 10.1. The molecule has 92 valence electrons. The summed E-state index contributed by atoms with van der Waals surface area (Å²) in [5, 5.41) is 3.16. The SMILES string of the molecule is Cc1ccc(C(=O)Nc2ccnc(N)n2)cc1Cl. The van der Waals surface area contributed by atoms with Crippen LogP contribution in [0.25, 0.3) is 0 Å². The van der Waals surface area contributed by atoms with E-state index in [1.54, 1.807) is 24.3 Å². The molecule has 0 saturated heterocycles. The molecule has 1 heterocycles. The van der Waals surface area contributed by atoms with E-state index in [9.17, 15) is 4.79 Å². The third-order valence-electron chi connectivity index (χ3n) is 2.35. The van der Waals surface area contributed by atoms with Gasteiger partial charge in [-0.25, -0.2) is 4.98 Å². The van der Waals surface area contributed by atoms with Crippen molar-refractivity contribution in [2.24, 2.45) is 0 Å². The largest absolute Gasteiger partial charge is 0.368 e. The Morgan fingerprint density at radius 2 is 2.17 bits per heavy atom. The Hall–Kier alpha value is -2.14. The van der Waals surface area contributed by atoms with Crippen molar-refractivity contribution in [1.29, 1.82) is 0 Å². The van der Waals surface area contributed by atoms with Crippen molar-refractivity contribution in [1.82, 2.24) is 9.97 Å². The molecule has 0 saturated carbocycles. The standard InChI is InChI=1S/C12H11ClN4O/c1-7-2-3-8(6-9(7)13)11(18)16-10-4-5-15-12(14)17-10/h2-6H,1H3,(H3,14,15,16,17,18). The fourth-order valence-corrected chi connectivity index (χ4v) is 1.55. The highest BCUT2D eigenvalue weighted by atomic mass is 35.5. The fraction of sp³-hybridized carbons (Fsp3) is 0.0833. The molecule has 0 spiro atoms. The van der Waals surface area contributed by atoms with E-state index in [2.05, 4.69) is 15.3 Å². The van der Waals surface area contributed by atoms with Crippen LogP contribution in [-0.2, 0) is 0 Å². The number of benzene rings is 1. The van der Waals surface area contributed by atoms with Crippen molar-refractivity contribution in [3.8, 4) is 0 Å². The summed E-state index contributed by atoms with van der Waals surface area (Å²) in [6.07, 6.45) is 1.47. The van der Waals surface area contributed by atoms with E-state index in [1.807, 2.05) is 6.92 Å². The topological polar surface area (TPSA) is 80.9 Å². The summed E-state index contributed by atoms with van der Waals surface area (Å²) in [4.78, 5) is 19.5. The Morgan fingerprint density at radius 3 is 2.83 bits per heavy atom. The van der Waals surface area contributed by atoms with Crippen molar-refractivity contribution in [2.75, 3.05) is 11.1 Å². The monoisotopic (exact) mass is 262 g/mol. The van der Waals surface area contributed by atoms with Crippen LogP contribution in [-0.4, -0.2) is 15.9 Å². The van der Waals surface area contributed by atoms with E-state index >= 15 is 0 Å². The van der Waals surface area contributed by atoms with E-state index in [-0.39, 0.29) is 11.9 Å². The number of nitrogens with one attached hydrogen (secondary N) is 1. The number of aryl methyl sites for hydroxylation is 1. The average Bonchev–Trinajstić information content (AvgIpc) is 2.32. The van der Waals surface area contributed by atoms with Gasteiger partial charge in [0.2, 0.25) is 5.95 Å². The Kier molecular flexibility index (Phi) is 3.43. The molecule has 18 heavy (non-hydrogen) atoms. The van der Waals surface area contributed by atoms with Gasteiger partial charge in [0.25, 0.3) is 5.91 Å². The number of nitrogens with two attached hydrogens (primary N) is 1. The van der Waals surface area contributed by atoms with Gasteiger partial charge < -0.3 is 11.1 Å². The van der Waals surface area contributed by atoms with Crippen molar-refractivity contribution in [3.63, 3.8) is 0 Å². The second-order valence-corrected chi connectivity index (χ2v) is 4.13. The first-order valence-electron chi connectivity index (χ1n) is 5.22. The Balaban J connectivity index is 2.19. The number of carbonyl (C=O) groups is 1. The lowest BCUT2D eigenvalue weighted by Gasteiger charge is -2.06. The smallest absolute Gasteiger partial charge is 0.256 e. The molecule has 1 aromatic carbocycles. The van der Waals surface area contributed by atoms with E-state index in [0.29, 0.717) is 16.4 Å². The van der Waals surface area contributed by atoms with Gasteiger partial charge in [-0.05, 0) is 30.7 Å². The van der Waals surface area contributed by atoms with Gasteiger partial charge in [0.1, 0.15) is 5.82 Å². The molecule has 6 heteroatoms. The number of carbonyl (C=O) groups excluding carboxylic acids is 1. The quantitative estimate of drug-likeness (QED) is 0.870. The average molecular weight is 263 g/mol. The lowest BCUT2D eigenvalue weighted by molar-refractivity contribution is 0.102. The highest BCUT2D eigenvalue weighted by Crippen LogP contribution is 2.17. The van der Waals surface area contributed by atoms with Crippen LogP contribution in [0.15, 0.2) is 30.5 Å². The summed E-state index contributed by atoms with van der Waals surface area (Å²) in [6, 6.07) is 6.65. The number of nitrogen functional groups attached to an aromatic ring is 1. The molecular formula is C12H11ClN4O. The number of amides is 1. The number of hydrogen-bond acceptors (Lipinski definition) is 4. The van der Waals surface area contributed by atoms with Crippen LogP contribution < -0.4 is 11.1 Å². The molecular weight excluding hydrogens is 252 g/mol. The molecule has 0 fully saturated rings. The molecule has 0 aliphatic carbocycles. The van der Waals surface area contributed by atoms with Crippen LogP contribution in [0.3, 0.4) is 0 Å².